The summed E-state index contributed by atoms with van der Waals surface area (Å²) in [7, 11) is 1.88. The summed E-state index contributed by atoms with van der Waals surface area (Å²) in [6.45, 7) is 0.953. The van der Waals surface area contributed by atoms with Gasteiger partial charge in [-0.25, -0.2) is 8.78 Å². The maximum atomic E-state index is 13.4. The fourth-order valence-corrected chi connectivity index (χ4v) is 2.34. The predicted molar refractivity (Wildman–Crippen MR) is 78.5 cm³/mol. The molecular weight excluding hydrogens is 310 g/mol. The maximum absolute atomic E-state index is 13.4. The molecule has 2 atom stereocenters. The lowest BCUT2D eigenvalue weighted by Crippen LogP contribution is -2.48. The Kier molecular flexibility index (Phi) is 7.56. The van der Waals surface area contributed by atoms with E-state index in [1.807, 2.05) is 11.9 Å². The SMILES string of the molecule is CN1CC[C@H](O)[C@H](C(=O)NCc2ccc(F)cc2F)C1.O=CO. The number of benzene rings is 1. The standard InChI is InChI=1S/C14H18F2N2O2.CH2O2/c1-18-5-4-13(19)11(8-18)14(20)17-7-9-2-3-10(15)6-12(9)16;2-1-3/h2-3,6,11,13,19H,4-5,7-8H2,1H3,(H,17,20);1H,(H,2,3)/t11-,13+;/m1./s1. The summed E-state index contributed by atoms with van der Waals surface area (Å²) in [6.07, 6.45) is -0.135. The highest BCUT2D eigenvalue weighted by Gasteiger charge is 2.31. The molecule has 0 saturated carbocycles. The molecule has 0 spiro atoms. The van der Waals surface area contributed by atoms with Crippen LogP contribution < -0.4 is 5.32 Å². The number of rotatable bonds is 3. The Morgan fingerprint density at radius 2 is 2.13 bits per heavy atom. The molecule has 0 unspecified atom stereocenters. The minimum absolute atomic E-state index is 0.0160. The van der Waals surface area contributed by atoms with Crippen molar-refractivity contribution in [3.63, 3.8) is 0 Å². The molecule has 1 amide bonds. The smallest absolute Gasteiger partial charge is 0.290 e. The van der Waals surface area contributed by atoms with Gasteiger partial charge in [0.15, 0.2) is 0 Å². The van der Waals surface area contributed by atoms with Gasteiger partial charge in [-0.3, -0.25) is 9.59 Å². The van der Waals surface area contributed by atoms with Crippen molar-refractivity contribution in [2.24, 2.45) is 5.92 Å². The average molecular weight is 330 g/mol. The number of hydrogen-bond acceptors (Lipinski definition) is 4. The molecule has 23 heavy (non-hydrogen) atoms. The summed E-state index contributed by atoms with van der Waals surface area (Å²) in [5.41, 5.74) is 0.221. The number of hydrogen-bond donors (Lipinski definition) is 3. The van der Waals surface area contributed by atoms with E-state index in [0.29, 0.717) is 13.0 Å². The second-order valence-electron chi connectivity index (χ2n) is 5.28. The van der Waals surface area contributed by atoms with Crippen LogP contribution in [-0.4, -0.2) is 53.7 Å². The monoisotopic (exact) mass is 330 g/mol. The number of halogens is 2. The quantitative estimate of drug-likeness (QED) is 0.706. The number of carboxylic acid groups (broad SMARTS) is 1. The van der Waals surface area contributed by atoms with Gasteiger partial charge in [0.2, 0.25) is 5.91 Å². The van der Waals surface area contributed by atoms with E-state index in [9.17, 15) is 18.7 Å². The molecule has 1 heterocycles. The van der Waals surface area contributed by atoms with Crippen LogP contribution in [0.3, 0.4) is 0 Å². The van der Waals surface area contributed by atoms with Crippen LogP contribution >= 0.6 is 0 Å². The molecule has 6 nitrogen and oxygen atoms in total. The summed E-state index contributed by atoms with van der Waals surface area (Å²) in [6, 6.07) is 3.23. The molecule has 128 valence electrons. The van der Waals surface area contributed by atoms with Gasteiger partial charge in [-0.15, -0.1) is 0 Å². The van der Waals surface area contributed by atoms with E-state index in [0.717, 1.165) is 18.7 Å². The van der Waals surface area contributed by atoms with Crippen LogP contribution in [0, 0.1) is 17.6 Å². The molecule has 3 N–H and O–H groups in total. The van der Waals surface area contributed by atoms with Gasteiger partial charge in [0.1, 0.15) is 11.6 Å². The van der Waals surface area contributed by atoms with Crippen LogP contribution in [0.1, 0.15) is 12.0 Å². The molecule has 0 radical (unpaired) electrons. The van der Waals surface area contributed by atoms with Gasteiger partial charge in [0, 0.05) is 31.3 Å². The van der Waals surface area contributed by atoms with Gasteiger partial charge in [-0.2, -0.15) is 0 Å². The molecule has 1 aliphatic heterocycles. The first kappa shape index (κ1) is 19.0. The molecule has 0 aromatic heterocycles. The fraction of sp³-hybridized carbons (Fsp3) is 0.467. The first-order chi connectivity index (χ1) is 10.9. The summed E-state index contributed by atoms with van der Waals surface area (Å²) in [5, 5.41) is 19.3. The van der Waals surface area contributed by atoms with Crippen LogP contribution in [0.5, 0.6) is 0 Å². The Morgan fingerprint density at radius 3 is 2.74 bits per heavy atom. The topological polar surface area (TPSA) is 89.9 Å². The number of carbonyl (C=O) groups is 2. The number of nitrogens with one attached hydrogen (secondary N) is 1. The van der Waals surface area contributed by atoms with Gasteiger partial charge in [0.25, 0.3) is 6.47 Å². The van der Waals surface area contributed by atoms with Crippen molar-refractivity contribution in [3.05, 3.63) is 35.4 Å². The largest absolute Gasteiger partial charge is 0.483 e. The molecule has 0 aliphatic carbocycles. The van der Waals surface area contributed by atoms with E-state index < -0.39 is 23.7 Å². The van der Waals surface area contributed by atoms with E-state index in [1.165, 1.54) is 6.07 Å². The highest BCUT2D eigenvalue weighted by Crippen LogP contribution is 2.16. The fourth-order valence-electron chi connectivity index (χ4n) is 2.34. The molecule has 1 aromatic carbocycles. The summed E-state index contributed by atoms with van der Waals surface area (Å²) < 4.78 is 26.2. The van der Waals surface area contributed by atoms with Crippen molar-refractivity contribution in [1.82, 2.24) is 10.2 Å². The highest BCUT2D eigenvalue weighted by molar-refractivity contribution is 5.79. The van der Waals surface area contributed by atoms with Crippen LogP contribution in [0.25, 0.3) is 0 Å². The first-order valence-corrected chi connectivity index (χ1v) is 7.05. The maximum Gasteiger partial charge on any atom is 0.290 e. The zero-order valence-corrected chi connectivity index (χ0v) is 12.7. The number of likely N-dealkylation sites (tertiary alicyclic amines) is 1. The highest BCUT2D eigenvalue weighted by atomic mass is 19.1. The van der Waals surface area contributed by atoms with Gasteiger partial charge < -0.3 is 20.4 Å². The van der Waals surface area contributed by atoms with E-state index in [1.54, 1.807) is 0 Å². The first-order valence-electron chi connectivity index (χ1n) is 7.05. The van der Waals surface area contributed by atoms with Crippen LogP contribution in [0.4, 0.5) is 8.78 Å². The zero-order chi connectivity index (χ0) is 17.4. The normalized spacial score (nSPS) is 21.0. The Bertz CT molecular complexity index is 542. The second-order valence-corrected chi connectivity index (χ2v) is 5.28. The van der Waals surface area contributed by atoms with Gasteiger partial charge in [0.05, 0.1) is 12.0 Å². The molecule has 1 aromatic rings. The number of carbonyl (C=O) groups excluding carboxylic acids is 1. The Morgan fingerprint density at radius 1 is 1.48 bits per heavy atom. The van der Waals surface area contributed by atoms with Gasteiger partial charge in [-0.1, -0.05) is 6.07 Å². The van der Waals surface area contributed by atoms with Gasteiger partial charge >= 0.3 is 0 Å². The number of aliphatic hydroxyl groups is 1. The van der Waals surface area contributed by atoms with Crippen LogP contribution in [-0.2, 0) is 16.1 Å². The minimum Gasteiger partial charge on any atom is -0.483 e. The third kappa shape index (κ3) is 5.91. The van der Waals surface area contributed by atoms with Crippen molar-refractivity contribution in [1.29, 1.82) is 0 Å². The minimum atomic E-state index is -0.688. The number of nitrogens with zero attached hydrogens (tertiary/aromatic N) is 1. The summed E-state index contributed by atoms with van der Waals surface area (Å²) >= 11 is 0. The average Bonchev–Trinajstić information content (AvgIpc) is 2.49. The molecule has 8 heteroatoms. The van der Waals surface area contributed by atoms with Crippen molar-refractivity contribution in [3.8, 4) is 0 Å². The van der Waals surface area contributed by atoms with Crippen LogP contribution in [0.15, 0.2) is 18.2 Å². The number of aliphatic hydroxyl groups excluding tert-OH is 1. The summed E-state index contributed by atoms with van der Waals surface area (Å²) in [5.74, 6) is -2.17. The molecule has 1 aliphatic rings. The lowest BCUT2D eigenvalue weighted by Gasteiger charge is -2.32. The van der Waals surface area contributed by atoms with Crippen LogP contribution in [0.2, 0.25) is 0 Å². The zero-order valence-electron chi connectivity index (χ0n) is 12.7. The van der Waals surface area contributed by atoms with E-state index in [4.69, 9.17) is 9.90 Å². The molecular formula is C15H20F2N2O4. The van der Waals surface area contributed by atoms with E-state index in [2.05, 4.69) is 5.32 Å². The van der Waals surface area contributed by atoms with Crippen molar-refractivity contribution >= 4 is 12.4 Å². The lowest BCUT2D eigenvalue weighted by atomic mass is 9.94. The molecule has 1 saturated heterocycles. The number of amides is 1. The predicted octanol–water partition coefficient (Wildman–Crippen LogP) is 0.594. The molecule has 1 fully saturated rings. The molecule has 0 bridgehead atoms. The third-order valence-corrected chi connectivity index (χ3v) is 3.58. The third-order valence-electron chi connectivity index (χ3n) is 3.58. The molecule has 2 rings (SSSR count). The second kappa shape index (κ2) is 9.16. The summed E-state index contributed by atoms with van der Waals surface area (Å²) in [4.78, 5) is 22.3. The van der Waals surface area contributed by atoms with Crippen molar-refractivity contribution in [2.75, 3.05) is 20.1 Å². The number of piperidine rings is 1. The Balaban J connectivity index is 0.000000816. The van der Waals surface area contributed by atoms with E-state index in [-0.39, 0.29) is 24.5 Å². The van der Waals surface area contributed by atoms with Crippen molar-refractivity contribution in [2.45, 2.75) is 19.1 Å². The Labute approximate surface area is 132 Å². The van der Waals surface area contributed by atoms with Crippen molar-refractivity contribution < 1.29 is 28.6 Å². The Hall–Kier alpha value is -2.06. The van der Waals surface area contributed by atoms with Gasteiger partial charge in [-0.05, 0) is 19.5 Å². The van der Waals surface area contributed by atoms with E-state index >= 15 is 0 Å². The lowest BCUT2D eigenvalue weighted by molar-refractivity contribution is -0.131.